The monoisotopic (exact) mass is 327 g/mol. The van der Waals surface area contributed by atoms with Gasteiger partial charge in [-0.2, -0.15) is 0 Å². The Balaban J connectivity index is 1.60. The lowest BCUT2D eigenvalue weighted by Gasteiger charge is -2.20. The lowest BCUT2D eigenvalue weighted by Crippen LogP contribution is -2.24. The van der Waals surface area contributed by atoms with Crippen LogP contribution in [0.15, 0.2) is 48.5 Å². The van der Waals surface area contributed by atoms with Gasteiger partial charge in [0.15, 0.2) is 11.5 Å². The zero-order valence-corrected chi connectivity index (χ0v) is 14.3. The first-order valence-corrected chi connectivity index (χ1v) is 8.40. The molecule has 1 fully saturated rings. The predicted octanol–water partition coefficient (Wildman–Crippen LogP) is 3.57. The van der Waals surface area contributed by atoms with Gasteiger partial charge in [0, 0.05) is 31.2 Å². The maximum Gasteiger partial charge on any atom is 0.165 e. The molecular weight excluding hydrogens is 302 g/mol. The van der Waals surface area contributed by atoms with E-state index in [0.717, 1.165) is 43.2 Å². The normalized spacial score (nSPS) is 20.1. The summed E-state index contributed by atoms with van der Waals surface area (Å²) >= 11 is 0. The highest BCUT2D eigenvalue weighted by Crippen LogP contribution is 2.34. The minimum Gasteiger partial charge on any atom is -0.493 e. The molecule has 1 N–H and O–H groups in total. The van der Waals surface area contributed by atoms with E-state index in [1.165, 1.54) is 5.56 Å². The number of methoxy groups -OCH3 is 2. The number of nitrogens with one attached hydrogen (secondary N) is 1. The third-order valence-corrected chi connectivity index (χ3v) is 4.55. The molecule has 0 radical (unpaired) electrons. The molecule has 24 heavy (non-hydrogen) atoms. The number of benzene rings is 2. The van der Waals surface area contributed by atoms with Crippen LogP contribution >= 0.6 is 0 Å². The SMILES string of the molecule is COc1cccc(CNC[C@H]2CCO[C@@H]2c2ccccc2)c1OC. The molecule has 0 aliphatic carbocycles. The van der Waals surface area contributed by atoms with Crippen LogP contribution in [0.5, 0.6) is 11.5 Å². The second kappa shape index (κ2) is 8.18. The molecule has 1 aliphatic rings. The summed E-state index contributed by atoms with van der Waals surface area (Å²) < 4.78 is 16.8. The minimum atomic E-state index is 0.186. The van der Waals surface area contributed by atoms with Gasteiger partial charge in [-0.3, -0.25) is 0 Å². The molecule has 1 heterocycles. The first-order valence-electron chi connectivity index (χ1n) is 8.40. The fraction of sp³-hybridized carbons (Fsp3) is 0.400. The summed E-state index contributed by atoms with van der Waals surface area (Å²) in [6, 6.07) is 16.4. The highest BCUT2D eigenvalue weighted by molar-refractivity contribution is 5.46. The second-order valence-electron chi connectivity index (χ2n) is 6.03. The van der Waals surface area contributed by atoms with Crippen molar-refractivity contribution in [2.75, 3.05) is 27.4 Å². The highest BCUT2D eigenvalue weighted by Gasteiger charge is 2.29. The summed E-state index contributed by atoms with van der Waals surface area (Å²) in [5.41, 5.74) is 2.37. The molecule has 0 saturated carbocycles. The molecule has 128 valence electrons. The Kier molecular flexibility index (Phi) is 5.72. The van der Waals surface area contributed by atoms with Crippen molar-refractivity contribution in [3.8, 4) is 11.5 Å². The Bertz CT molecular complexity index is 645. The third-order valence-electron chi connectivity index (χ3n) is 4.55. The van der Waals surface area contributed by atoms with E-state index in [4.69, 9.17) is 14.2 Å². The molecular formula is C20H25NO3. The largest absolute Gasteiger partial charge is 0.493 e. The van der Waals surface area contributed by atoms with E-state index in [0.29, 0.717) is 5.92 Å². The average Bonchev–Trinajstić information content (AvgIpc) is 3.10. The van der Waals surface area contributed by atoms with E-state index in [-0.39, 0.29) is 6.10 Å². The maximum atomic E-state index is 5.95. The lowest BCUT2D eigenvalue weighted by molar-refractivity contribution is 0.0904. The van der Waals surface area contributed by atoms with Crippen molar-refractivity contribution in [3.05, 3.63) is 59.7 Å². The number of para-hydroxylation sites is 1. The van der Waals surface area contributed by atoms with Gasteiger partial charge in [-0.15, -0.1) is 0 Å². The molecule has 4 heteroatoms. The Morgan fingerprint density at radius 2 is 1.88 bits per heavy atom. The van der Waals surface area contributed by atoms with Crippen LogP contribution in [0.25, 0.3) is 0 Å². The van der Waals surface area contributed by atoms with Crippen LogP contribution in [0.4, 0.5) is 0 Å². The van der Waals surface area contributed by atoms with Crippen molar-refractivity contribution < 1.29 is 14.2 Å². The quantitative estimate of drug-likeness (QED) is 0.844. The molecule has 4 nitrogen and oxygen atoms in total. The topological polar surface area (TPSA) is 39.7 Å². The highest BCUT2D eigenvalue weighted by atomic mass is 16.5. The molecule has 1 aliphatic heterocycles. The van der Waals surface area contributed by atoms with Gasteiger partial charge in [0.1, 0.15) is 0 Å². The number of rotatable bonds is 7. The van der Waals surface area contributed by atoms with Crippen molar-refractivity contribution in [1.82, 2.24) is 5.32 Å². The van der Waals surface area contributed by atoms with Crippen LogP contribution in [0.1, 0.15) is 23.7 Å². The van der Waals surface area contributed by atoms with Crippen LogP contribution in [0, 0.1) is 5.92 Å². The standard InChI is InChI=1S/C20H25NO3/c1-22-18-10-6-9-16(20(18)23-2)13-21-14-17-11-12-24-19(17)15-7-4-3-5-8-15/h3-10,17,19,21H,11-14H2,1-2H3/t17-,19-/m1/s1. The van der Waals surface area contributed by atoms with E-state index in [9.17, 15) is 0 Å². The van der Waals surface area contributed by atoms with Crippen molar-refractivity contribution in [1.29, 1.82) is 0 Å². The summed E-state index contributed by atoms with van der Waals surface area (Å²) in [6.45, 7) is 2.49. The van der Waals surface area contributed by atoms with E-state index < -0.39 is 0 Å². The van der Waals surface area contributed by atoms with Crippen LogP contribution in [0.3, 0.4) is 0 Å². The van der Waals surface area contributed by atoms with Gasteiger partial charge in [0.25, 0.3) is 0 Å². The summed E-state index contributed by atoms with van der Waals surface area (Å²) in [5, 5.41) is 3.55. The van der Waals surface area contributed by atoms with Crippen molar-refractivity contribution in [2.24, 2.45) is 5.92 Å². The van der Waals surface area contributed by atoms with Crippen LogP contribution in [-0.2, 0) is 11.3 Å². The summed E-state index contributed by atoms with van der Waals surface area (Å²) in [5.74, 6) is 2.06. The number of hydrogen-bond acceptors (Lipinski definition) is 4. The molecule has 2 aromatic rings. The Morgan fingerprint density at radius 1 is 1.04 bits per heavy atom. The van der Waals surface area contributed by atoms with E-state index in [2.05, 4.69) is 35.6 Å². The molecule has 0 amide bonds. The summed E-state index contributed by atoms with van der Waals surface area (Å²) in [7, 11) is 3.34. The Labute approximate surface area is 143 Å². The molecule has 0 aromatic heterocycles. The molecule has 2 atom stereocenters. The fourth-order valence-electron chi connectivity index (χ4n) is 3.34. The molecule has 1 saturated heterocycles. The Morgan fingerprint density at radius 3 is 2.62 bits per heavy atom. The molecule has 3 rings (SSSR count). The molecule has 0 bridgehead atoms. The van der Waals surface area contributed by atoms with Gasteiger partial charge in [0.05, 0.1) is 20.3 Å². The predicted molar refractivity (Wildman–Crippen MR) is 94.5 cm³/mol. The lowest BCUT2D eigenvalue weighted by atomic mass is 9.95. The Hall–Kier alpha value is -2.04. The van der Waals surface area contributed by atoms with Gasteiger partial charge >= 0.3 is 0 Å². The molecule has 0 unspecified atom stereocenters. The van der Waals surface area contributed by atoms with Gasteiger partial charge in [0.2, 0.25) is 0 Å². The van der Waals surface area contributed by atoms with Crippen LogP contribution in [-0.4, -0.2) is 27.4 Å². The van der Waals surface area contributed by atoms with E-state index in [1.54, 1.807) is 14.2 Å². The van der Waals surface area contributed by atoms with Crippen molar-refractivity contribution >= 4 is 0 Å². The first kappa shape index (κ1) is 16.8. The van der Waals surface area contributed by atoms with Gasteiger partial charge in [-0.25, -0.2) is 0 Å². The van der Waals surface area contributed by atoms with Crippen molar-refractivity contribution in [2.45, 2.75) is 19.1 Å². The van der Waals surface area contributed by atoms with E-state index in [1.807, 2.05) is 18.2 Å². The zero-order chi connectivity index (χ0) is 16.8. The maximum absolute atomic E-state index is 5.95. The summed E-state index contributed by atoms with van der Waals surface area (Å²) in [4.78, 5) is 0. The first-order chi connectivity index (χ1) is 11.8. The number of hydrogen-bond donors (Lipinski definition) is 1. The fourth-order valence-corrected chi connectivity index (χ4v) is 3.34. The van der Waals surface area contributed by atoms with Crippen LogP contribution < -0.4 is 14.8 Å². The van der Waals surface area contributed by atoms with E-state index >= 15 is 0 Å². The van der Waals surface area contributed by atoms with Crippen LogP contribution in [0.2, 0.25) is 0 Å². The minimum absolute atomic E-state index is 0.186. The van der Waals surface area contributed by atoms with Gasteiger partial charge < -0.3 is 19.5 Å². The van der Waals surface area contributed by atoms with Crippen molar-refractivity contribution in [3.63, 3.8) is 0 Å². The number of ether oxygens (including phenoxy) is 3. The third kappa shape index (κ3) is 3.71. The molecule has 0 spiro atoms. The summed E-state index contributed by atoms with van der Waals surface area (Å²) in [6.07, 6.45) is 1.27. The smallest absolute Gasteiger partial charge is 0.165 e. The second-order valence-corrected chi connectivity index (χ2v) is 6.03. The van der Waals surface area contributed by atoms with Gasteiger partial charge in [-0.05, 0) is 18.1 Å². The van der Waals surface area contributed by atoms with Gasteiger partial charge in [-0.1, -0.05) is 42.5 Å². The zero-order valence-electron chi connectivity index (χ0n) is 14.3. The molecule has 2 aromatic carbocycles. The average molecular weight is 327 g/mol.